The molecule has 20 heavy (non-hydrogen) atoms. The summed E-state index contributed by atoms with van der Waals surface area (Å²) in [6, 6.07) is 0.235. The molecule has 0 radical (unpaired) electrons. The molecule has 0 saturated heterocycles. The van der Waals surface area contributed by atoms with E-state index in [0.29, 0.717) is 6.54 Å². The molecule has 2 atom stereocenters. The lowest BCUT2D eigenvalue weighted by atomic mass is 9.79. The van der Waals surface area contributed by atoms with Gasteiger partial charge in [0.2, 0.25) is 0 Å². The summed E-state index contributed by atoms with van der Waals surface area (Å²) >= 11 is 0. The standard InChI is InChI=1S/C15H27N3O2/c1-12(15(20-3)7-5-4-6-8-15)16-10-14(19)13-9-17-18(2)11-13/h9,11-12,14,16,19H,4-8,10H2,1-3H3. The molecule has 2 unspecified atom stereocenters. The molecule has 1 heterocycles. The van der Waals surface area contributed by atoms with Crippen LogP contribution >= 0.6 is 0 Å². The van der Waals surface area contributed by atoms with Crippen LogP contribution in [-0.2, 0) is 11.8 Å². The van der Waals surface area contributed by atoms with Crippen molar-refractivity contribution >= 4 is 0 Å². The number of hydrogen-bond donors (Lipinski definition) is 2. The summed E-state index contributed by atoms with van der Waals surface area (Å²) in [5.74, 6) is 0. The summed E-state index contributed by atoms with van der Waals surface area (Å²) < 4.78 is 7.53. The highest BCUT2D eigenvalue weighted by Crippen LogP contribution is 2.34. The molecule has 0 spiro atoms. The molecule has 5 heteroatoms. The highest BCUT2D eigenvalue weighted by molar-refractivity contribution is 5.08. The summed E-state index contributed by atoms with van der Waals surface area (Å²) in [4.78, 5) is 0. The zero-order valence-electron chi connectivity index (χ0n) is 12.8. The van der Waals surface area contributed by atoms with E-state index < -0.39 is 6.10 Å². The number of methoxy groups -OCH3 is 1. The first kappa shape index (κ1) is 15.5. The van der Waals surface area contributed by atoms with Gasteiger partial charge in [0.25, 0.3) is 0 Å². The van der Waals surface area contributed by atoms with Gasteiger partial charge >= 0.3 is 0 Å². The van der Waals surface area contributed by atoms with Gasteiger partial charge in [-0.3, -0.25) is 4.68 Å². The summed E-state index contributed by atoms with van der Waals surface area (Å²) in [5, 5.41) is 17.7. The number of hydrogen-bond acceptors (Lipinski definition) is 4. The van der Waals surface area contributed by atoms with E-state index in [-0.39, 0.29) is 11.6 Å². The van der Waals surface area contributed by atoms with Crippen LogP contribution in [-0.4, -0.2) is 40.2 Å². The minimum absolute atomic E-state index is 0.0765. The van der Waals surface area contributed by atoms with Crippen LogP contribution in [0.25, 0.3) is 0 Å². The SMILES string of the molecule is COC1(C(C)NCC(O)c2cnn(C)c2)CCCCC1. The molecule has 1 aromatic heterocycles. The smallest absolute Gasteiger partial charge is 0.0944 e. The first-order chi connectivity index (χ1) is 9.57. The van der Waals surface area contributed by atoms with Gasteiger partial charge in [-0.2, -0.15) is 5.10 Å². The molecule has 2 rings (SSSR count). The molecule has 1 saturated carbocycles. The van der Waals surface area contributed by atoms with E-state index in [1.165, 1.54) is 19.3 Å². The first-order valence-electron chi connectivity index (χ1n) is 7.52. The van der Waals surface area contributed by atoms with Crippen molar-refractivity contribution in [3.05, 3.63) is 18.0 Å². The Labute approximate surface area is 121 Å². The highest BCUT2D eigenvalue weighted by Gasteiger charge is 2.37. The lowest BCUT2D eigenvalue weighted by molar-refractivity contribution is -0.0647. The van der Waals surface area contributed by atoms with Crippen LogP contribution in [0, 0.1) is 0 Å². The van der Waals surface area contributed by atoms with E-state index in [2.05, 4.69) is 17.3 Å². The quantitative estimate of drug-likeness (QED) is 0.834. The normalized spacial score (nSPS) is 21.6. The number of aliphatic hydroxyl groups is 1. The van der Waals surface area contributed by atoms with E-state index in [1.807, 2.05) is 13.2 Å². The van der Waals surface area contributed by atoms with Crippen molar-refractivity contribution in [2.75, 3.05) is 13.7 Å². The molecule has 114 valence electrons. The molecule has 1 fully saturated rings. The Bertz CT molecular complexity index is 413. The molecular formula is C15H27N3O2. The fourth-order valence-electron chi connectivity index (χ4n) is 3.17. The second kappa shape index (κ2) is 6.70. The van der Waals surface area contributed by atoms with Crippen LogP contribution in [0.5, 0.6) is 0 Å². The molecule has 1 aliphatic carbocycles. The van der Waals surface area contributed by atoms with Gasteiger partial charge in [-0.05, 0) is 19.8 Å². The Balaban J connectivity index is 1.88. The average molecular weight is 281 g/mol. The predicted octanol–water partition coefficient (Wildman–Crippen LogP) is 1.78. The van der Waals surface area contributed by atoms with Crippen molar-refractivity contribution in [1.29, 1.82) is 0 Å². The van der Waals surface area contributed by atoms with Gasteiger partial charge in [-0.1, -0.05) is 19.3 Å². The third-order valence-electron chi connectivity index (χ3n) is 4.62. The Morgan fingerprint density at radius 2 is 2.15 bits per heavy atom. The zero-order valence-corrected chi connectivity index (χ0v) is 12.8. The predicted molar refractivity (Wildman–Crippen MR) is 78.5 cm³/mol. The maximum atomic E-state index is 10.2. The summed E-state index contributed by atoms with van der Waals surface area (Å²) in [7, 11) is 3.66. The largest absolute Gasteiger partial charge is 0.387 e. The van der Waals surface area contributed by atoms with Gasteiger partial charge in [0, 0.05) is 38.5 Å². The molecule has 0 aromatic carbocycles. The number of nitrogens with one attached hydrogen (secondary N) is 1. The molecule has 1 aliphatic rings. The van der Waals surface area contributed by atoms with Gasteiger partial charge in [-0.25, -0.2) is 0 Å². The Morgan fingerprint density at radius 3 is 2.70 bits per heavy atom. The lowest BCUT2D eigenvalue weighted by Gasteiger charge is -2.41. The second-order valence-electron chi connectivity index (χ2n) is 5.92. The van der Waals surface area contributed by atoms with E-state index in [4.69, 9.17) is 4.74 Å². The monoisotopic (exact) mass is 281 g/mol. The third kappa shape index (κ3) is 3.40. The van der Waals surface area contributed by atoms with E-state index in [0.717, 1.165) is 18.4 Å². The minimum Gasteiger partial charge on any atom is -0.387 e. The molecule has 0 amide bonds. The van der Waals surface area contributed by atoms with Gasteiger partial charge in [0.1, 0.15) is 0 Å². The molecule has 1 aromatic rings. The topological polar surface area (TPSA) is 59.3 Å². The summed E-state index contributed by atoms with van der Waals surface area (Å²) in [6.07, 6.45) is 8.99. The molecular weight excluding hydrogens is 254 g/mol. The van der Waals surface area contributed by atoms with Gasteiger partial charge in [0.05, 0.1) is 17.9 Å². The van der Waals surface area contributed by atoms with Gasteiger partial charge in [-0.15, -0.1) is 0 Å². The first-order valence-corrected chi connectivity index (χ1v) is 7.52. The van der Waals surface area contributed by atoms with E-state index in [1.54, 1.807) is 18.0 Å². The summed E-state index contributed by atoms with van der Waals surface area (Å²) in [6.45, 7) is 2.68. The maximum Gasteiger partial charge on any atom is 0.0944 e. The van der Waals surface area contributed by atoms with Crippen LogP contribution in [0.4, 0.5) is 0 Å². The number of aromatic nitrogens is 2. The number of ether oxygens (including phenoxy) is 1. The van der Waals surface area contributed by atoms with Crippen molar-refractivity contribution in [3.63, 3.8) is 0 Å². The van der Waals surface area contributed by atoms with Crippen LogP contribution in [0.2, 0.25) is 0 Å². The molecule has 2 N–H and O–H groups in total. The number of rotatable bonds is 6. The van der Waals surface area contributed by atoms with Crippen molar-refractivity contribution in [2.24, 2.45) is 7.05 Å². The van der Waals surface area contributed by atoms with Crippen molar-refractivity contribution in [1.82, 2.24) is 15.1 Å². The average Bonchev–Trinajstić information content (AvgIpc) is 2.91. The van der Waals surface area contributed by atoms with Crippen LogP contribution < -0.4 is 5.32 Å². The van der Waals surface area contributed by atoms with Crippen molar-refractivity contribution in [3.8, 4) is 0 Å². The number of aliphatic hydroxyl groups excluding tert-OH is 1. The minimum atomic E-state index is -0.524. The fraction of sp³-hybridized carbons (Fsp3) is 0.800. The van der Waals surface area contributed by atoms with Crippen LogP contribution in [0.1, 0.15) is 50.7 Å². The second-order valence-corrected chi connectivity index (χ2v) is 5.92. The fourth-order valence-corrected chi connectivity index (χ4v) is 3.17. The van der Waals surface area contributed by atoms with Gasteiger partial charge in [0.15, 0.2) is 0 Å². The molecule has 0 bridgehead atoms. The van der Waals surface area contributed by atoms with Crippen LogP contribution in [0.15, 0.2) is 12.4 Å². The Morgan fingerprint density at radius 1 is 1.45 bits per heavy atom. The number of aryl methyl sites for hydroxylation is 1. The third-order valence-corrected chi connectivity index (χ3v) is 4.62. The van der Waals surface area contributed by atoms with E-state index in [9.17, 15) is 5.11 Å². The molecule has 0 aliphatic heterocycles. The van der Waals surface area contributed by atoms with E-state index >= 15 is 0 Å². The Kier molecular flexibility index (Phi) is 5.18. The van der Waals surface area contributed by atoms with Crippen LogP contribution in [0.3, 0.4) is 0 Å². The molecule has 5 nitrogen and oxygen atoms in total. The number of nitrogens with zero attached hydrogens (tertiary/aromatic N) is 2. The zero-order chi connectivity index (χ0) is 14.6. The maximum absolute atomic E-state index is 10.2. The van der Waals surface area contributed by atoms with Crippen molar-refractivity contribution in [2.45, 2.75) is 56.8 Å². The summed E-state index contributed by atoms with van der Waals surface area (Å²) in [5.41, 5.74) is 0.773. The Hall–Kier alpha value is -0.910. The highest BCUT2D eigenvalue weighted by atomic mass is 16.5. The lowest BCUT2D eigenvalue weighted by Crippen LogP contribution is -2.52. The van der Waals surface area contributed by atoms with Crippen molar-refractivity contribution < 1.29 is 9.84 Å². The van der Waals surface area contributed by atoms with Gasteiger partial charge < -0.3 is 15.2 Å².